The molecule has 1 aromatic carbocycles. The fraction of sp³-hybridized carbons (Fsp3) is 0.571. The second-order valence-electron chi connectivity index (χ2n) is 4.89. The van der Waals surface area contributed by atoms with Crippen LogP contribution >= 0.6 is 11.8 Å². The van der Waals surface area contributed by atoms with E-state index in [4.69, 9.17) is 0 Å². The number of aryl methyl sites for hydroxylation is 2. The van der Waals surface area contributed by atoms with Gasteiger partial charge in [0.05, 0.1) is 0 Å². The predicted molar refractivity (Wildman–Crippen MR) is 70.2 cm³/mol. The Morgan fingerprint density at radius 2 is 2.12 bits per heavy atom. The van der Waals surface area contributed by atoms with Gasteiger partial charge in [0.2, 0.25) is 0 Å². The lowest BCUT2D eigenvalue weighted by molar-refractivity contribution is 0.674. The standard InChI is InChI=1S/C14H19NS/c1-3-11-6-7-14(9-12(11)4-1)16-10-13-5-2-8-15-13/h6-7,9,13,15H,1-5,8,10H2. The quantitative estimate of drug-likeness (QED) is 0.805. The normalized spacial score (nSPS) is 23.6. The molecule has 1 saturated heterocycles. The molecular weight excluding hydrogens is 214 g/mol. The van der Waals surface area contributed by atoms with Crippen LogP contribution in [0.2, 0.25) is 0 Å². The van der Waals surface area contributed by atoms with E-state index in [1.807, 2.05) is 11.8 Å². The van der Waals surface area contributed by atoms with Gasteiger partial charge in [0.1, 0.15) is 0 Å². The van der Waals surface area contributed by atoms with E-state index in [-0.39, 0.29) is 0 Å². The SMILES string of the molecule is c1cc2c(cc1SCC1CCCN1)CCC2. The van der Waals surface area contributed by atoms with Crippen molar-refractivity contribution >= 4 is 11.8 Å². The molecule has 1 N–H and O–H groups in total. The van der Waals surface area contributed by atoms with Crippen LogP contribution in [0.25, 0.3) is 0 Å². The van der Waals surface area contributed by atoms with Gasteiger partial charge in [-0.1, -0.05) is 6.07 Å². The number of rotatable bonds is 3. The molecule has 1 fully saturated rings. The summed E-state index contributed by atoms with van der Waals surface area (Å²) >= 11 is 2.02. The highest BCUT2D eigenvalue weighted by Gasteiger charge is 2.15. The third-order valence-corrected chi connectivity index (χ3v) is 4.84. The zero-order chi connectivity index (χ0) is 10.8. The van der Waals surface area contributed by atoms with Gasteiger partial charge in [-0.05, 0) is 61.9 Å². The minimum atomic E-state index is 0.748. The maximum Gasteiger partial charge on any atom is 0.0162 e. The summed E-state index contributed by atoms with van der Waals surface area (Å²) in [7, 11) is 0. The fourth-order valence-corrected chi connectivity index (χ4v) is 3.80. The molecule has 0 amide bonds. The summed E-state index contributed by atoms with van der Waals surface area (Å²) < 4.78 is 0. The first-order chi connectivity index (χ1) is 7.92. The largest absolute Gasteiger partial charge is 0.313 e. The highest BCUT2D eigenvalue weighted by molar-refractivity contribution is 7.99. The fourth-order valence-electron chi connectivity index (χ4n) is 2.73. The van der Waals surface area contributed by atoms with Gasteiger partial charge in [-0.3, -0.25) is 0 Å². The molecule has 1 heterocycles. The van der Waals surface area contributed by atoms with Gasteiger partial charge in [-0.25, -0.2) is 0 Å². The molecule has 0 bridgehead atoms. The Bertz CT molecular complexity index is 369. The van der Waals surface area contributed by atoms with E-state index in [0.29, 0.717) is 0 Å². The summed E-state index contributed by atoms with van der Waals surface area (Å²) in [6, 6.07) is 7.82. The minimum Gasteiger partial charge on any atom is -0.313 e. The third kappa shape index (κ3) is 2.28. The number of fused-ring (bicyclic) bond motifs is 1. The second kappa shape index (κ2) is 4.80. The molecule has 0 saturated carbocycles. The summed E-state index contributed by atoms with van der Waals surface area (Å²) in [6.45, 7) is 1.22. The molecule has 1 aliphatic carbocycles. The molecule has 1 unspecified atom stereocenters. The molecule has 1 aliphatic heterocycles. The van der Waals surface area contributed by atoms with E-state index >= 15 is 0 Å². The number of nitrogens with one attached hydrogen (secondary N) is 1. The van der Waals surface area contributed by atoms with Crippen molar-refractivity contribution in [2.45, 2.75) is 43.0 Å². The van der Waals surface area contributed by atoms with E-state index in [0.717, 1.165) is 6.04 Å². The summed E-state index contributed by atoms with van der Waals surface area (Å²) in [6.07, 6.45) is 6.66. The van der Waals surface area contributed by atoms with Gasteiger partial charge in [0.15, 0.2) is 0 Å². The molecule has 2 heteroatoms. The predicted octanol–water partition coefficient (Wildman–Crippen LogP) is 3.02. The molecule has 0 radical (unpaired) electrons. The molecule has 3 rings (SSSR count). The van der Waals surface area contributed by atoms with Crippen molar-refractivity contribution in [1.82, 2.24) is 5.32 Å². The molecule has 0 aromatic heterocycles. The average molecular weight is 233 g/mol. The average Bonchev–Trinajstić information content (AvgIpc) is 2.97. The van der Waals surface area contributed by atoms with Crippen LogP contribution in [0.1, 0.15) is 30.4 Å². The minimum absolute atomic E-state index is 0.748. The van der Waals surface area contributed by atoms with Gasteiger partial charge >= 0.3 is 0 Å². The third-order valence-electron chi connectivity index (χ3n) is 3.68. The molecule has 1 aromatic rings. The summed E-state index contributed by atoms with van der Waals surface area (Å²) in [5, 5.41) is 3.56. The number of benzene rings is 1. The maximum absolute atomic E-state index is 3.56. The monoisotopic (exact) mass is 233 g/mol. The van der Waals surface area contributed by atoms with Crippen LogP contribution in [0, 0.1) is 0 Å². The first kappa shape index (κ1) is 10.7. The van der Waals surface area contributed by atoms with Gasteiger partial charge in [-0.2, -0.15) is 0 Å². The Balaban J connectivity index is 1.61. The molecule has 1 atom stereocenters. The van der Waals surface area contributed by atoms with Crippen LogP contribution < -0.4 is 5.32 Å². The van der Waals surface area contributed by atoms with Gasteiger partial charge < -0.3 is 5.32 Å². The van der Waals surface area contributed by atoms with Crippen LogP contribution in [-0.2, 0) is 12.8 Å². The van der Waals surface area contributed by atoms with E-state index in [9.17, 15) is 0 Å². The molecule has 86 valence electrons. The number of hydrogen-bond donors (Lipinski definition) is 1. The molecule has 16 heavy (non-hydrogen) atoms. The number of hydrogen-bond acceptors (Lipinski definition) is 2. The van der Waals surface area contributed by atoms with Crippen LogP contribution in [0.5, 0.6) is 0 Å². The van der Waals surface area contributed by atoms with Gasteiger partial charge in [0, 0.05) is 16.7 Å². The Labute approximate surface area is 102 Å². The van der Waals surface area contributed by atoms with E-state index < -0.39 is 0 Å². The van der Waals surface area contributed by atoms with Gasteiger partial charge in [0.25, 0.3) is 0 Å². The highest BCUT2D eigenvalue weighted by Crippen LogP contribution is 2.28. The Morgan fingerprint density at radius 1 is 1.19 bits per heavy atom. The summed E-state index contributed by atoms with van der Waals surface area (Å²) in [5.74, 6) is 1.23. The smallest absolute Gasteiger partial charge is 0.0162 e. The van der Waals surface area contributed by atoms with Crippen LogP contribution in [-0.4, -0.2) is 18.3 Å². The second-order valence-corrected chi connectivity index (χ2v) is 5.98. The Hall–Kier alpha value is -0.470. The lowest BCUT2D eigenvalue weighted by Crippen LogP contribution is -2.23. The topological polar surface area (TPSA) is 12.0 Å². The lowest BCUT2D eigenvalue weighted by Gasteiger charge is -2.10. The van der Waals surface area contributed by atoms with Crippen molar-refractivity contribution in [3.63, 3.8) is 0 Å². The zero-order valence-corrected chi connectivity index (χ0v) is 10.5. The van der Waals surface area contributed by atoms with Crippen molar-refractivity contribution in [3.8, 4) is 0 Å². The molecule has 1 nitrogen and oxygen atoms in total. The van der Waals surface area contributed by atoms with E-state index in [1.165, 1.54) is 49.3 Å². The van der Waals surface area contributed by atoms with Crippen molar-refractivity contribution < 1.29 is 0 Å². The molecule has 0 spiro atoms. The lowest BCUT2D eigenvalue weighted by atomic mass is 10.1. The van der Waals surface area contributed by atoms with Crippen molar-refractivity contribution in [1.29, 1.82) is 0 Å². The van der Waals surface area contributed by atoms with E-state index in [1.54, 1.807) is 11.1 Å². The summed E-state index contributed by atoms with van der Waals surface area (Å²) in [5.41, 5.74) is 3.19. The maximum atomic E-state index is 3.56. The van der Waals surface area contributed by atoms with Crippen LogP contribution in [0.4, 0.5) is 0 Å². The Kier molecular flexibility index (Phi) is 3.20. The molecule has 2 aliphatic rings. The first-order valence-corrected chi connectivity index (χ1v) is 7.38. The highest BCUT2D eigenvalue weighted by atomic mass is 32.2. The van der Waals surface area contributed by atoms with E-state index in [2.05, 4.69) is 23.5 Å². The first-order valence-electron chi connectivity index (χ1n) is 6.40. The zero-order valence-electron chi connectivity index (χ0n) is 9.67. The van der Waals surface area contributed by atoms with Crippen molar-refractivity contribution in [3.05, 3.63) is 29.3 Å². The van der Waals surface area contributed by atoms with Crippen molar-refractivity contribution in [2.75, 3.05) is 12.3 Å². The number of thioether (sulfide) groups is 1. The van der Waals surface area contributed by atoms with Crippen LogP contribution in [0.3, 0.4) is 0 Å². The molecular formula is C14H19NS. The Morgan fingerprint density at radius 3 is 3.00 bits per heavy atom. The summed E-state index contributed by atoms with van der Waals surface area (Å²) in [4.78, 5) is 1.47. The van der Waals surface area contributed by atoms with Gasteiger partial charge in [-0.15, -0.1) is 11.8 Å². The van der Waals surface area contributed by atoms with Crippen LogP contribution in [0.15, 0.2) is 23.1 Å². The van der Waals surface area contributed by atoms with Crippen molar-refractivity contribution in [2.24, 2.45) is 0 Å².